The maximum atomic E-state index is 10.5. The molecule has 0 amide bonds. The van der Waals surface area contributed by atoms with Crippen LogP contribution in [0.15, 0.2) is 45.5 Å². The highest BCUT2D eigenvalue weighted by Crippen LogP contribution is 2.16. The summed E-state index contributed by atoms with van der Waals surface area (Å²) in [5.41, 5.74) is 0.946. The smallest absolute Gasteiger partial charge is 0.269 e. The van der Waals surface area contributed by atoms with E-state index in [0.717, 1.165) is 17.9 Å². The second kappa shape index (κ2) is 5.68. The number of anilines is 1. The van der Waals surface area contributed by atoms with Crippen molar-refractivity contribution in [2.24, 2.45) is 0 Å². The Labute approximate surface area is 112 Å². The maximum absolute atomic E-state index is 10.5. The van der Waals surface area contributed by atoms with Crippen LogP contribution in [0.3, 0.4) is 0 Å². The van der Waals surface area contributed by atoms with Gasteiger partial charge in [0.25, 0.3) is 5.69 Å². The largest absolute Gasteiger partial charge is 0.454 e. The summed E-state index contributed by atoms with van der Waals surface area (Å²) in [5.74, 6) is 0.885. The molecular weight excluding hydrogens is 300 g/mol. The predicted octanol–water partition coefficient (Wildman–Crippen LogP) is 3.60. The number of benzene rings is 1. The van der Waals surface area contributed by atoms with Crippen molar-refractivity contribution in [1.82, 2.24) is 0 Å². The van der Waals surface area contributed by atoms with Crippen molar-refractivity contribution in [2.45, 2.75) is 6.42 Å². The molecule has 1 aromatic heterocycles. The fraction of sp³-hybridized carbons (Fsp3) is 0.167. The molecule has 94 valence electrons. The van der Waals surface area contributed by atoms with Gasteiger partial charge in [-0.25, -0.2) is 0 Å². The summed E-state index contributed by atoms with van der Waals surface area (Å²) in [6.07, 6.45) is 0.753. The highest BCUT2D eigenvalue weighted by atomic mass is 79.9. The molecule has 0 unspecified atom stereocenters. The Morgan fingerprint density at radius 3 is 2.50 bits per heavy atom. The van der Waals surface area contributed by atoms with Crippen LogP contribution in [0, 0.1) is 10.1 Å². The minimum absolute atomic E-state index is 0.0931. The Morgan fingerprint density at radius 1 is 1.22 bits per heavy atom. The number of nitrogens with one attached hydrogen (secondary N) is 1. The topological polar surface area (TPSA) is 68.3 Å². The van der Waals surface area contributed by atoms with E-state index in [1.54, 1.807) is 12.1 Å². The van der Waals surface area contributed by atoms with Gasteiger partial charge in [-0.1, -0.05) is 0 Å². The Bertz CT molecular complexity index is 537. The molecule has 5 nitrogen and oxygen atoms in total. The molecule has 0 aliphatic rings. The van der Waals surface area contributed by atoms with E-state index in [9.17, 15) is 10.1 Å². The van der Waals surface area contributed by atoms with E-state index < -0.39 is 4.92 Å². The van der Waals surface area contributed by atoms with Gasteiger partial charge in [0.05, 0.1) is 4.92 Å². The van der Waals surface area contributed by atoms with Crippen LogP contribution in [0.1, 0.15) is 5.76 Å². The maximum Gasteiger partial charge on any atom is 0.269 e. The third-order valence-corrected chi connectivity index (χ3v) is 2.83. The van der Waals surface area contributed by atoms with E-state index in [0.29, 0.717) is 11.2 Å². The van der Waals surface area contributed by atoms with Gasteiger partial charge < -0.3 is 9.73 Å². The number of hydrogen-bond donors (Lipinski definition) is 1. The predicted molar refractivity (Wildman–Crippen MR) is 71.7 cm³/mol. The molecule has 18 heavy (non-hydrogen) atoms. The van der Waals surface area contributed by atoms with Crippen molar-refractivity contribution in [1.29, 1.82) is 0 Å². The van der Waals surface area contributed by atoms with Crippen molar-refractivity contribution in [3.8, 4) is 0 Å². The summed E-state index contributed by atoms with van der Waals surface area (Å²) in [5, 5.41) is 13.7. The summed E-state index contributed by atoms with van der Waals surface area (Å²) in [6, 6.07) is 10.1. The Kier molecular flexibility index (Phi) is 3.99. The first-order valence-corrected chi connectivity index (χ1v) is 6.17. The molecular formula is C12H11BrN2O3. The van der Waals surface area contributed by atoms with E-state index in [2.05, 4.69) is 21.2 Å². The Balaban J connectivity index is 1.85. The molecule has 0 fully saturated rings. The minimum Gasteiger partial charge on any atom is -0.454 e. The molecule has 0 bridgehead atoms. The number of hydrogen-bond acceptors (Lipinski definition) is 4. The molecule has 2 aromatic rings. The first-order valence-electron chi connectivity index (χ1n) is 5.38. The average Bonchev–Trinajstić information content (AvgIpc) is 2.76. The minimum atomic E-state index is -0.413. The van der Waals surface area contributed by atoms with Crippen molar-refractivity contribution < 1.29 is 9.34 Å². The van der Waals surface area contributed by atoms with Crippen molar-refractivity contribution in [2.75, 3.05) is 11.9 Å². The van der Waals surface area contributed by atoms with Crippen LogP contribution in [0.4, 0.5) is 11.4 Å². The molecule has 1 N–H and O–H groups in total. The number of nitrogens with zero attached hydrogens (tertiary/aromatic N) is 1. The van der Waals surface area contributed by atoms with Crippen LogP contribution in [-0.4, -0.2) is 11.5 Å². The highest BCUT2D eigenvalue weighted by molar-refractivity contribution is 9.10. The number of halogens is 1. The van der Waals surface area contributed by atoms with Crippen molar-refractivity contribution >= 4 is 27.3 Å². The lowest BCUT2D eigenvalue weighted by atomic mass is 10.2. The van der Waals surface area contributed by atoms with E-state index >= 15 is 0 Å². The van der Waals surface area contributed by atoms with Gasteiger partial charge in [-0.2, -0.15) is 0 Å². The lowest BCUT2D eigenvalue weighted by molar-refractivity contribution is -0.384. The summed E-state index contributed by atoms with van der Waals surface area (Å²) in [6.45, 7) is 0.706. The van der Waals surface area contributed by atoms with Gasteiger partial charge in [-0.05, 0) is 40.2 Å². The van der Waals surface area contributed by atoms with Crippen LogP contribution in [0.5, 0.6) is 0 Å². The summed E-state index contributed by atoms with van der Waals surface area (Å²) in [7, 11) is 0. The second-order valence-electron chi connectivity index (χ2n) is 3.69. The summed E-state index contributed by atoms with van der Waals surface area (Å²) >= 11 is 3.24. The first kappa shape index (κ1) is 12.6. The van der Waals surface area contributed by atoms with Gasteiger partial charge in [-0.3, -0.25) is 10.1 Å². The van der Waals surface area contributed by atoms with Crippen LogP contribution < -0.4 is 5.32 Å². The normalized spacial score (nSPS) is 10.3. The van der Waals surface area contributed by atoms with Gasteiger partial charge >= 0.3 is 0 Å². The van der Waals surface area contributed by atoms with E-state index in [4.69, 9.17) is 4.42 Å². The van der Waals surface area contributed by atoms with E-state index in [1.807, 2.05) is 12.1 Å². The zero-order valence-corrected chi connectivity index (χ0v) is 11.0. The molecule has 0 spiro atoms. The van der Waals surface area contributed by atoms with Gasteiger partial charge in [-0.15, -0.1) is 0 Å². The quantitative estimate of drug-likeness (QED) is 0.676. The molecule has 0 aliphatic carbocycles. The van der Waals surface area contributed by atoms with Crippen molar-refractivity contribution in [3.05, 3.63) is 56.9 Å². The molecule has 1 aromatic carbocycles. The summed E-state index contributed by atoms with van der Waals surface area (Å²) < 4.78 is 6.07. The molecule has 0 aliphatic heterocycles. The monoisotopic (exact) mass is 310 g/mol. The molecule has 0 saturated heterocycles. The third kappa shape index (κ3) is 3.33. The SMILES string of the molecule is O=[N+]([O-])c1ccc(NCCc2ccc(Br)o2)cc1. The molecule has 0 saturated carbocycles. The fourth-order valence-electron chi connectivity index (χ4n) is 1.52. The molecule has 1 heterocycles. The van der Waals surface area contributed by atoms with E-state index in [1.165, 1.54) is 12.1 Å². The fourth-order valence-corrected chi connectivity index (χ4v) is 1.86. The van der Waals surface area contributed by atoms with Crippen molar-refractivity contribution in [3.63, 3.8) is 0 Å². The lowest BCUT2D eigenvalue weighted by Gasteiger charge is -2.04. The number of non-ortho nitro benzene ring substituents is 1. The highest BCUT2D eigenvalue weighted by Gasteiger charge is 2.04. The van der Waals surface area contributed by atoms with Crippen LogP contribution in [0.25, 0.3) is 0 Å². The van der Waals surface area contributed by atoms with Crippen LogP contribution in [0.2, 0.25) is 0 Å². The average molecular weight is 311 g/mol. The molecule has 2 rings (SSSR count). The summed E-state index contributed by atoms with van der Waals surface area (Å²) in [4.78, 5) is 10.1. The number of furan rings is 1. The molecule has 6 heteroatoms. The zero-order valence-electron chi connectivity index (χ0n) is 9.43. The third-order valence-electron chi connectivity index (χ3n) is 2.41. The van der Waals surface area contributed by atoms with Crippen LogP contribution >= 0.6 is 15.9 Å². The van der Waals surface area contributed by atoms with Crippen LogP contribution in [-0.2, 0) is 6.42 Å². The Morgan fingerprint density at radius 2 is 1.94 bits per heavy atom. The first-order chi connectivity index (χ1) is 8.65. The lowest BCUT2D eigenvalue weighted by Crippen LogP contribution is -2.04. The van der Waals surface area contributed by atoms with Gasteiger partial charge in [0.2, 0.25) is 0 Å². The Hall–Kier alpha value is -1.82. The van der Waals surface area contributed by atoms with E-state index in [-0.39, 0.29) is 5.69 Å². The zero-order chi connectivity index (χ0) is 13.0. The number of rotatable bonds is 5. The number of nitro benzene ring substituents is 1. The van der Waals surface area contributed by atoms with Gasteiger partial charge in [0, 0.05) is 30.8 Å². The second-order valence-corrected chi connectivity index (χ2v) is 4.47. The standard InChI is InChI=1S/C12H11BrN2O3/c13-12-6-5-11(18-12)7-8-14-9-1-3-10(4-2-9)15(16)17/h1-6,14H,7-8H2. The van der Waals surface area contributed by atoms with Gasteiger partial charge in [0.1, 0.15) is 5.76 Å². The molecule has 0 radical (unpaired) electrons. The number of nitro groups is 1. The molecule has 0 atom stereocenters. The van der Waals surface area contributed by atoms with Gasteiger partial charge in [0.15, 0.2) is 4.67 Å².